The largest absolute Gasteiger partial charge is 0.433 e. The van der Waals surface area contributed by atoms with Crippen LogP contribution in [-0.4, -0.2) is 22.2 Å². The van der Waals surface area contributed by atoms with Crippen molar-refractivity contribution in [1.29, 1.82) is 5.26 Å². The third-order valence-corrected chi connectivity index (χ3v) is 3.54. The van der Waals surface area contributed by atoms with Gasteiger partial charge in [-0.2, -0.15) is 18.4 Å². The lowest BCUT2D eigenvalue weighted by atomic mass is 10.0. The number of aliphatic hydroxyl groups is 1. The smallest absolute Gasteiger partial charge is 0.391 e. The predicted molar refractivity (Wildman–Crippen MR) is 83.2 cm³/mol. The van der Waals surface area contributed by atoms with Gasteiger partial charge in [-0.25, -0.2) is 4.98 Å². The van der Waals surface area contributed by atoms with Crippen molar-refractivity contribution < 1.29 is 18.3 Å². The maximum atomic E-state index is 12.8. The number of hydrogen-bond acceptors (Lipinski definition) is 4. The van der Waals surface area contributed by atoms with Gasteiger partial charge in [0.25, 0.3) is 0 Å². The second kappa shape index (κ2) is 7.32. The zero-order chi connectivity index (χ0) is 17.7. The number of hydrogen-bond donors (Lipinski definition) is 2. The molecule has 0 aliphatic carbocycles. The summed E-state index contributed by atoms with van der Waals surface area (Å²) in [6.07, 6.45) is -5.12. The van der Waals surface area contributed by atoms with Crippen molar-refractivity contribution in [3.63, 3.8) is 0 Å². The van der Waals surface area contributed by atoms with Crippen LogP contribution < -0.4 is 5.32 Å². The minimum atomic E-state index is -4.60. The van der Waals surface area contributed by atoms with E-state index in [1.54, 1.807) is 13.0 Å². The molecular weight excluding hydrogens is 319 g/mol. The van der Waals surface area contributed by atoms with Crippen LogP contribution in [0.3, 0.4) is 0 Å². The Morgan fingerprint density at radius 1 is 1.21 bits per heavy atom. The lowest BCUT2D eigenvalue weighted by Crippen LogP contribution is -2.33. The average Bonchev–Trinajstić information content (AvgIpc) is 2.54. The minimum Gasteiger partial charge on any atom is -0.391 e. The number of aliphatic hydroxyl groups excluding tert-OH is 1. The van der Waals surface area contributed by atoms with Gasteiger partial charge in [0, 0.05) is 6.42 Å². The van der Waals surface area contributed by atoms with E-state index in [4.69, 9.17) is 5.26 Å². The number of aromatic nitrogens is 1. The second-order valence-corrected chi connectivity index (χ2v) is 5.39. The molecule has 0 amide bonds. The van der Waals surface area contributed by atoms with E-state index in [2.05, 4.69) is 10.3 Å². The average molecular weight is 335 g/mol. The van der Waals surface area contributed by atoms with Gasteiger partial charge in [0.15, 0.2) is 0 Å². The monoisotopic (exact) mass is 335 g/mol. The van der Waals surface area contributed by atoms with E-state index in [0.717, 1.165) is 17.7 Å². The molecule has 126 valence electrons. The number of anilines is 1. The SMILES string of the molecule is CC(Nc1nc(C(F)(F)F)ccc1C#N)C(O)Cc1ccccc1. The maximum Gasteiger partial charge on any atom is 0.433 e. The van der Waals surface area contributed by atoms with Crippen molar-refractivity contribution in [2.45, 2.75) is 31.7 Å². The molecule has 4 nitrogen and oxygen atoms in total. The maximum absolute atomic E-state index is 12.8. The van der Waals surface area contributed by atoms with Crippen LogP contribution in [0.1, 0.15) is 23.7 Å². The van der Waals surface area contributed by atoms with Gasteiger partial charge in [-0.1, -0.05) is 30.3 Å². The Hall–Kier alpha value is -2.59. The number of nitrogens with zero attached hydrogens (tertiary/aromatic N) is 2. The van der Waals surface area contributed by atoms with E-state index in [-0.39, 0.29) is 11.4 Å². The summed E-state index contributed by atoms with van der Waals surface area (Å²) in [7, 11) is 0. The Morgan fingerprint density at radius 3 is 2.46 bits per heavy atom. The van der Waals surface area contributed by atoms with E-state index < -0.39 is 24.0 Å². The molecule has 0 spiro atoms. The highest BCUT2D eigenvalue weighted by Crippen LogP contribution is 2.29. The number of alkyl halides is 3. The molecule has 0 saturated heterocycles. The summed E-state index contributed by atoms with van der Waals surface area (Å²) in [6.45, 7) is 1.62. The number of benzene rings is 1. The van der Waals surface area contributed by atoms with Crippen LogP contribution in [0.2, 0.25) is 0 Å². The summed E-state index contributed by atoms with van der Waals surface area (Å²) in [4.78, 5) is 3.47. The fourth-order valence-corrected chi connectivity index (χ4v) is 2.16. The van der Waals surface area contributed by atoms with Crippen LogP contribution in [0.4, 0.5) is 19.0 Å². The first kappa shape index (κ1) is 17.8. The number of nitrogens with one attached hydrogen (secondary N) is 1. The summed E-state index contributed by atoms with van der Waals surface area (Å²) in [5.41, 5.74) is -0.202. The predicted octanol–water partition coefficient (Wildman–Crippen LogP) is 3.38. The molecular formula is C17H16F3N3O. The molecule has 0 radical (unpaired) electrons. The van der Waals surface area contributed by atoms with Crippen LogP contribution in [0, 0.1) is 11.3 Å². The first-order valence-corrected chi connectivity index (χ1v) is 7.28. The van der Waals surface area contributed by atoms with Crippen LogP contribution >= 0.6 is 0 Å². The third-order valence-electron chi connectivity index (χ3n) is 3.54. The Kier molecular flexibility index (Phi) is 5.42. The lowest BCUT2D eigenvalue weighted by Gasteiger charge is -2.22. The summed E-state index contributed by atoms with van der Waals surface area (Å²) in [5, 5.41) is 22.0. The summed E-state index contributed by atoms with van der Waals surface area (Å²) in [6, 6.07) is 12.2. The van der Waals surface area contributed by atoms with Crippen molar-refractivity contribution in [2.24, 2.45) is 0 Å². The number of halogens is 3. The van der Waals surface area contributed by atoms with Gasteiger partial charge in [-0.15, -0.1) is 0 Å². The Labute approximate surface area is 137 Å². The van der Waals surface area contributed by atoms with Crippen LogP contribution in [0.5, 0.6) is 0 Å². The summed E-state index contributed by atoms with van der Waals surface area (Å²) >= 11 is 0. The molecule has 7 heteroatoms. The standard InChI is InChI=1S/C17H16F3N3O/c1-11(14(24)9-12-5-3-2-4-6-12)22-16-13(10-21)7-8-15(23-16)17(18,19)20/h2-8,11,14,24H,9H2,1H3,(H,22,23). The molecule has 0 aliphatic rings. The first-order chi connectivity index (χ1) is 11.3. The normalized spacial score (nSPS) is 13.8. The van der Waals surface area contributed by atoms with Gasteiger partial charge in [-0.05, 0) is 24.6 Å². The number of pyridine rings is 1. The molecule has 2 rings (SSSR count). The molecule has 2 atom stereocenters. The van der Waals surface area contributed by atoms with E-state index in [1.807, 2.05) is 30.3 Å². The van der Waals surface area contributed by atoms with Crippen molar-refractivity contribution in [3.8, 4) is 6.07 Å². The van der Waals surface area contributed by atoms with Gasteiger partial charge < -0.3 is 10.4 Å². The number of nitriles is 1. The molecule has 0 saturated carbocycles. The highest BCUT2D eigenvalue weighted by Gasteiger charge is 2.33. The molecule has 2 unspecified atom stereocenters. The minimum absolute atomic E-state index is 0.0123. The fraction of sp³-hybridized carbons (Fsp3) is 0.294. The van der Waals surface area contributed by atoms with Crippen molar-refractivity contribution in [1.82, 2.24) is 4.98 Å². The molecule has 2 N–H and O–H groups in total. The van der Waals surface area contributed by atoms with E-state index in [1.165, 1.54) is 0 Å². The Bertz CT molecular complexity index is 726. The van der Waals surface area contributed by atoms with Gasteiger partial charge in [0.1, 0.15) is 17.6 Å². The highest BCUT2D eigenvalue weighted by atomic mass is 19.4. The Balaban J connectivity index is 2.15. The second-order valence-electron chi connectivity index (χ2n) is 5.39. The molecule has 0 bridgehead atoms. The number of rotatable bonds is 5. The lowest BCUT2D eigenvalue weighted by molar-refractivity contribution is -0.141. The topological polar surface area (TPSA) is 68.9 Å². The molecule has 1 aromatic carbocycles. The zero-order valence-corrected chi connectivity index (χ0v) is 12.9. The molecule has 1 heterocycles. The van der Waals surface area contributed by atoms with Crippen LogP contribution in [-0.2, 0) is 12.6 Å². The van der Waals surface area contributed by atoms with Crippen molar-refractivity contribution >= 4 is 5.82 Å². The van der Waals surface area contributed by atoms with E-state index in [0.29, 0.717) is 6.42 Å². The van der Waals surface area contributed by atoms with Gasteiger partial charge >= 0.3 is 6.18 Å². The Morgan fingerprint density at radius 2 is 1.88 bits per heavy atom. The molecule has 24 heavy (non-hydrogen) atoms. The molecule has 1 aromatic heterocycles. The highest BCUT2D eigenvalue weighted by molar-refractivity contribution is 5.53. The summed E-state index contributed by atoms with van der Waals surface area (Å²) in [5.74, 6) is -0.188. The van der Waals surface area contributed by atoms with Crippen molar-refractivity contribution in [2.75, 3.05) is 5.32 Å². The molecule has 2 aromatic rings. The van der Waals surface area contributed by atoms with Crippen LogP contribution in [0.15, 0.2) is 42.5 Å². The fourth-order valence-electron chi connectivity index (χ4n) is 2.16. The van der Waals surface area contributed by atoms with Gasteiger partial charge in [-0.3, -0.25) is 0 Å². The third kappa shape index (κ3) is 4.46. The van der Waals surface area contributed by atoms with Crippen LogP contribution in [0.25, 0.3) is 0 Å². The summed E-state index contributed by atoms with van der Waals surface area (Å²) < 4.78 is 38.3. The quantitative estimate of drug-likeness (QED) is 0.879. The van der Waals surface area contributed by atoms with Crippen molar-refractivity contribution in [3.05, 3.63) is 59.3 Å². The zero-order valence-electron chi connectivity index (χ0n) is 12.9. The molecule has 0 fully saturated rings. The van der Waals surface area contributed by atoms with E-state index in [9.17, 15) is 18.3 Å². The first-order valence-electron chi connectivity index (χ1n) is 7.28. The van der Waals surface area contributed by atoms with E-state index >= 15 is 0 Å². The van der Waals surface area contributed by atoms with Gasteiger partial charge in [0.2, 0.25) is 0 Å². The van der Waals surface area contributed by atoms with Gasteiger partial charge in [0.05, 0.1) is 17.7 Å². The molecule has 0 aliphatic heterocycles.